The zero-order chi connectivity index (χ0) is 13.8. The normalized spacial score (nSPS) is 22.8. The van der Waals surface area contributed by atoms with Crippen molar-refractivity contribution in [1.82, 2.24) is 5.32 Å². The third-order valence-corrected chi connectivity index (χ3v) is 4.45. The number of halogens is 1. The van der Waals surface area contributed by atoms with Gasteiger partial charge in [-0.25, -0.2) is 0 Å². The molecule has 2 rings (SSSR count). The maximum atomic E-state index is 9.26. The predicted molar refractivity (Wildman–Crippen MR) is 79.7 cm³/mol. The molecule has 0 radical (unpaired) electrons. The van der Waals surface area contributed by atoms with Crippen LogP contribution in [0.3, 0.4) is 0 Å². The van der Waals surface area contributed by atoms with Gasteiger partial charge < -0.3 is 10.2 Å². The van der Waals surface area contributed by atoms with Gasteiger partial charge in [0.25, 0.3) is 0 Å². The number of hydrogen-bond donors (Lipinski definition) is 1. The summed E-state index contributed by atoms with van der Waals surface area (Å²) in [5, 5.41) is 13.1. The smallest absolute Gasteiger partial charge is 0.103 e. The van der Waals surface area contributed by atoms with Crippen molar-refractivity contribution in [2.75, 3.05) is 19.0 Å². The van der Waals surface area contributed by atoms with Gasteiger partial charge in [-0.3, -0.25) is 0 Å². The maximum absolute atomic E-state index is 9.26. The van der Waals surface area contributed by atoms with Crippen LogP contribution in [-0.4, -0.2) is 26.2 Å². The first-order valence-electron chi connectivity index (χ1n) is 6.76. The first-order valence-corrected chi connectivity index (χ1v) is 7.14. The van der Waals surface area contributed by atoms with Crippen molar-refractivity contribution in [3.63, 3.8) is 0 Å². The van der Waals surface area contributed by atoms with Crippen molar-refractivity contribution in [1.29, 1.82) is 5.26 Å². The average molecular weight is 278 g/mol. The Morgan fingerprint density at radius 2 is 2.00 bits per heavy atom. The van der Waals surface area contributed by atoms with E-state index >= 15 is 0 Å². The fourth-order valence-corrected chi connectivity index (χ4v) is 3.08. The molecule has 0 spiro atoms. The minimum atomic E-state index is 0.496. The molecular weight excluding hydrogens is 258 g/mol. The van der Waals surface area contributed by atoms with Crippen LogP contribution in [0.15, 0.2) is 18.2 Å². The van der Waals surface area contributed by atoms with Crippen molar-refractivity contribution in [2.45, 2.75) is 37.8 Å². The molecule has 1 N–H and O–H groups in total. The van der Waals surface area contributed by atoms with Crippen LogP contribution >= 0.6 is 11.6 Å². The minimum Gasteiger partial charge on any atom is -0.370 e. The lowest BCUT2D eigenvalue weighted by Crippen LogP contribution is -2.40. The molecule has 0 atom stereocenters. The number of anilines is 1. The lowest BCUT2D eigenvalue weighted by Gasteiger charge is -2.36. The van der Waals surface area contributed by atoms with E-state index in [0.29, 0.717) is 22.7 Å². The van der Waals surface area contributed by atoms with Crippen molar-refractivity contribution in [2.24, 2.45) is 0 Å². The largest absolute Gasteiger partial charge is 0.370 e. The lowest BCUT2D eigenvalue weighted by molar-refractivity contribution is 0.351. The summed E-state index contributed by atoms with van der Waals surface area (Å²) in [6.45, 7) is 0. The molecule has 1 fully saturated rings. The Balaban J connectivity index is 2.15. The Bertz CT molecular complexity index is 473. The Morgan fingerprint density at radius 3 is 2.58 bits per heavy atom. The van der Waals surface area contributed by atoms with E-state index in [-0.39, 0.29) is 0 Å². The summed E-state index contributed by atoms with van der Waals surface area (Å²) in [7, 11) is 4.09. The Hall–Kier alpha value is -1.24. The number of nitrogens with one attached hydrogen (secondary N) is 1. The maximum Gasteiger partial charge on any atom is 0.103 e. The molecule has 0 aliphatic heterocycles. The predicted octanol–water partition coefficient (Wildman–Crippen LogP) is 3.18. The van der Waals surface area contributed by atoms with Crippen LogP contribution in [0.2, 0.25) is 5.02 Å². The van der Waals surface area contributed by atoms with Crippen molar-refractivity contribution < 1.29 is 0 Å². The molecule has 0 bridgehead atoms. The summed E-state index contributed by atoms with van der Waals surface area (Å²) >= 11 is 6.10. The topological polar surface area (TPSA) is 39.1 Å². The van der Waals surface area contributed by atoms with Gasteiger partial charge in [0.05, 0.1) is 16.3 Å². The summed E-state index contributed by atoms with van der Waals surface area (Å²) in [5.41, 5.74) is 1.53. The van der Waals surface area contributed by atoms with Crippen LogP contribution in [0.25, 0.3) is 0 Å². The quantitative estimate of drug-likeness (QED) is 0.922. The average Bonchev–Trinajstić information content (AvgIpc) is 2.46. The molecule has 1 saturated carbocycles. The highest BCUT2D eigenvalue weighted by molar-refractivity contribution is 6.32. The third kappa shape index (κ3) is 3.02. The number of nitriles is 1. The second-order valence-electron chi connectivity index (χ2n) is 5.15. The van der Waals surface area contributed by atoms with Gasteiger partial charge in [-0.05, 0) is 44.9 Å². The van der Waals surface area contributed by atoms with Gasteiger partial charge in [0.15, 0.2) is 0 Å². The van der Waals surface area contributed by atoms with E-state index in [1.165, 1.54) is 12.8 Å². The fraction of sp³-hybridized carbons (Fsp3) is 0.533. The summed E-state index contributed by atoms with van der Waals surface area (Å²) in [5.74, 6) is 0. The van der Waals surface area contributed by atoms with Gasteiger partial charge in [0, 0.05) is 19.1 Å². The second-order valence-corrected chi connectivity index (χ2v) is 5.56. The number of benzene rings is 1. The van der Waals surface area contributed by atoms with Crippen LogP contribution in [0.5, 0.6) is 0 Å². The molecule has 0 unspecified atom stereocenters. The molecule has 19 heavy (non-hydrogen) atoms. The first kappa shape index (κ1) is 14.2. The van der Waals surface area contributed by atoms with Crippen LogP contribution in [0.4, 0.5) is 5.69 Å². The minimum absolute atomic E-state index is 0.496. The van der Waals surface area contributed by atoms with E-state index in [1.54, 1.807) is 6.07 Å². The van der Waals surface area contributed by atoms with E-state index < -0.39 is 0 Å². The monoisotopic (exact) mass is 277 g/mol. The molecular formula is C15H20ClN3. The highest BCUT2D eigenvalue weighted by Crippen LogP contribution is 2.31. The van der Waals surface area contributed by atoms with E-state index in [9.17, 15) is 5.26 Å². The number of hydrogen-bond acceptors (Lipinski definition) is 3. The Kier molecular flexibility index (Phi) is 4.68. The molecule has 1 aromatic rings. The summed E-state index contributed by atoms with van der Waals surface area (Å²) in [6, 6.07) is 9.02. The van der Waals surface area contributed by atoms with E-state index in [2.05, 4.69) is 23.3 Å². The highest BCUT2D eigenvalue weighted by Gasteiger charge is 2.24. The number of nitrogens with zero attached hydrogens (tertiary/aromatic N) is 2. The molecule has 0 amide bonds. The van der Waals surface area contributed by atoms with E-state index in [0.717, 1.165) is 18.5 Å². The molecule has 0 saturated heterocycles. The van der Waals surface area contributed by atoms with Crippen LogP contribution in [-0.2, 0) is 0 Å². The molecule has 1 aromatic carbocycles. The van der Waals surface area contributed by atoms with E-state index in [4.69, 9.17) is 11.6 Å². The summed E-state index contributed by atoms with van der Waals surface area (Å²) < 4.78 is 0. The summed E-state index contributed by atoms with van der Waals surface area (Å²) in [4.78, 5) is 2.22. The molecule has 3 nitrogen and oxygen atoms in total. The van der Waals surface area contributed by atoms with E-state index in [1.807, 2.05) is 19.2 Å². The van der Waals surface area contributed by atoms with Gasteiger partial charge in [-0.15, -0.1) is 0 Å². The van der Waals surface area contributed by atoms with Crippen LogP contribution < -0.4 is 10.2 Å². The lowest BCUT2D eigenvalue weighted by atomic mass is 9.90. The highest BCUT2D eigenvalue weighted by atomic mass is 35.5. The Morgan fingerprint density at radius 1 is 1.32 bits per heavy atom. The zero-order valence-corrected chi connectivity index (χ0v) is 12.2. The van der Waals surface area contributed by atoms with Gasteiger partial charge in [-0.2, -0.15) is 5.26 Å². The molecule has 1 aliphatic rings. The summed E-state index contributed by atoms with van der Waals surface area (Å²) in [6.07, 6.45) is 4.68. The van der Waals surface area contributed by atoms with Crippen molar-refractivity contribution >= 4 is 17.3 Å². The number of rotatable bonds is 3. The standard InChI is InChI=1S/C15H20ClN3/c1-18-11-6-8-12(9-7-11)19(2)15-5-3-4-14(16)13(15)10-17/h3-5,11-12,18H,6-9H2,1-2H3. The van der Waals surface area contributed by atoms with Crippen molar-refractivity contribution in [3.05, 3.63) is 28.8 Å². The van der Waals surface area contributed by atoms with Gasteiger partial charge >= 0.3 is 0 Å². The van der Waals surface area contributed by atoms with Gasteiger partial charge in [0.2, 0.25) is 0 Å². The molecule has 1 aliphatic carbocycles. The molecule has 0 aromatic heterocycles. The van der Waals surface area contributed by atoms with Crippen molar-refractivity contribution in [3.8, 4) is 6.07 Å². The first-order chi connectivity index (χ1) is 9.17. The Labute approximate surface area is 120 Å². The molecule has 102 valence electrons. The SMILES string of the molecule is CNC1CCC(N(C)c2cccc(Cl)c2C#N)CC1. The third-order valence-electron chi connectivity index (χ3n) is 4.14. The van der Waals surface area contributed by atoms with Gasteiger partial charge in [-0.1, -0.05) is 17.7 Å². The van der Waals surface area contributed by atoms with Gasteiger partial charge in [0.1, 0.15) is 6.07 Å². The molecule has 0 heterocycles. The fourth-order valence-electron chi connectivity index (χ4n) is 2.87. The van der Waals surface area contributed by atoms with Crippen LogP contribution in [0.1, 0.15) is 31.2 Å². The molecule has 4 heteroatoms. The zero-order valence-electron chi connectivity index (χ0n) is 11.5. The van der Waals surface area contributed by atoms with Crippen LogP contribution in [0, 0.1) is 11.3 Å². The second kappa shape index (κ2) is 6.27.